The van der Waals surface area contributed by atoms with Gasteiger partial charge in [0.2, 0.25) is 5.91 Å². The third-order valence-corrected chi connectivity index (χ3v) is 3.54. The van der Waals surface area contributed by atoms with Crippen LogP contribution in [0.4, 0.5) is 5.69 Å². The Kier molecular flexibility index (Phi) is 5.03. The highest BCUT2D eigenvalue weighted by Crippen LogP contribution is 2.13. The van der Waals surface area contributed by atoms with Gasteiger partial charge in [-0.15, -0.1) is 0 Å². The minimum absolute atomic E-state index is 0.00396. The fourth-order valence-corrected chi connectivity index (χ4v) is 2.28. The van der Waals surface area contributed by atoms with Crippen molar-refractivity contribution >= 4 is 17.5 Å². The molecule has 1 aromatic carbocycles. The molecule has 1 aromatic rings. The number of nitrogens with zero attached hydrogens (tertiary/aromatic N) is 2. The Morgan fingerprint density at radius 2 is 1.71 bits per heavy atom. The molecule has 1 saturated heterocycles. The zero-order valence-electron chi connectivity index (χ0n) is 12.2. The van der Waals surface area contributed by atoms with Crippen molar-refractivity contribution in [1.29, 1.82) is 0 Å². The Labute approximate surface area is 124 Å². The average molecular weight is 291 g/mol. The first-order valence-corrected chi connectivity index (χ1v) is 7.08. The standard InChI is InChI=1S/C15H21N3O3/c1-12(19)17-7-2-8-18(10-9-17)15(20)11-21-14-5-3-13(16)4-6-14/h3-6H,2,7-11,16H2,1H3. The van der Waals surface area contributed by atoms with E-state index in [2.05, 4.69) is 0 Å². The van der Waals surface area contributed by atoms with Gasteiger partial charge in [0.05, 0.1) is 0 Å². The highest BCUT2D eigenvalue weighted by atomic mass is 16.5. The van der Waals surface area contributed by atoms with Crippen molar-refractivity contribution in [3.8, 4) is 5.75 Å². The number of ether oxygens (including phenoxy) is 1. The van der Waals surface area contributed by atoms with Crippen LogP contribution in [0.25, 0.3) is 0 Å². The Balaban J connectivity index is 1.83. The van der Waals surface area contributed by atoms with Crippen LogP contribution in [0.5, 0.6) is 5.75 Å². The van der Waals surface area contributed by atoms with Crippen LogP contribution in [0.3, 0.4) is 0 Å². The van der Waals surface area contributed by atoms with Crippen LogP contribution in [0, 0.1) is 0 Å². The lowest BCUT2D eigenvalue weighted by atomic mass is 10.3. The van der Waals surface area contributed by atoms with Crippen molar-refractivity contribution in [2.45, 2.75) is 13.3 Å². The lowest BCUT2D eigenvalue weighted by Crippen LogP contribution is -2.38. The Morgan fingerprint density at radius 1 is 1.10 bits per heavy atom. The summed E-state index contributed by atoms with van der Waals surface area (Å²) in [6.45, 7) is 4.07. The highest BCUT2D eigenvalue weighted by Gasteiger charge is 2.20. The van der Waals surface area contributed by atoms with Crippen LogP contribution in [-0.2, 0) is 9.59 Å². The second kappa shape index (κ2) is 6.97. The number of hydrogen-bond acceptors (Lipinski definition) is 4. The van der Waals surface area contributed by atoms with E-state index in [1.807, 2.05) is 0 Å². The largest absolute Gasteiger partial charge is 0.484 e. The second-order valence-electron chi connectivity index (χ2n) is 5.10. The van der Waals surface area contributed by atoms with Crippen LogP contribution >= 0.6 is 0 Å². The van der Waals surface area contributed by atoms with E-state index in [-0.39, 0.29) is 18.4 Å². The van der Waals surface area contributed by atoms with E-state index in [4.69, 9.17) is 10.5 Å². The SMILES string of the molecule is CC(=O)N1CCCN(C(=O)COc2ccc(N)cc2)CC1. The summed E-state index contributed by atoms with van der Waals surface area (Å²) in [4.78, 5) is 27.0. The molecule has 21 heavy (non-hydrogen) atoms. The number of hydrogen-bond donors (Lipinski definition) is 1. The molecule has 0 atom stereocenters. The monoisotopic (exact) mass is 291 g/mol. The molecule has 114 valence electrons. The summed E-state index contributed by atoms with van der Waals surface area (Å²) in [5.74, 6) is 0.623. The lowest BCUT2D eigenvalue weighted by molar-refractivity contribution is -0.134. The predicted molar refractivity (Wildman–Crippen MR) is 79.8 cm³/mol. The van der Waals surface area contributed by atoms with E-state index in [1.165, 1.54) is 0 Å². The first-order chi connectivity index (χ1) is 10.1. The molecule has 0 spiro atoms. The maximum Gasteiger partial charge on any atom is 0.260 e. The fraction of sp³-hybridized carbons (Fsp3) is 0.467. The van der Waals surface area contributed by atoms with Crippen LogP contribution in [0.15, 0.2) is 24.3 Å². The first-order valence-electron chi connectivity index (χ1n) is 7.08. The summed E-state index contributed by atoms with van der Waals surface area (Å²) in [6.07, 6.45) is 0.799. The number of rotatable bonds is 3. The van der Waals surface area contributed by atoms with E-state index >= 15 is 0 Å². The fourth-order valence-electron chi connectivity index (χ4n) is 2.28. The van der Waals surface area contributed by atoms with Gasteiger partial charge in [0.25, 0.3) is 5.91 Å². The number of carbonyl (C=O) groups is 2. The summed E-state index contributed by atoms with van der Waals surface area (Å²) >= 11 is 0. The smallest absolute Gasteiger partial charge is 0.260 e. The van der Waals surface area contributed by atoms with Crippen molar-refractivity contribution in [2.24, 2.45) is 0 Å². The number of nitrogens with two attached hydrogens (primary N) is 1. The number of carbonyl (C=O) groups excluding carboxylic acids is 2. The molecule has 0 aliphatic carbocycles. The Hall–Kier alpha value is -2.24. The van der Waals surface area contributed by atoms with Gasteiger partial charge in [0, 0.05) is 38.8 Å². The topological polar surface area (TPSA) is 75.9 Å². The molecule has 6 nitrogen and oxygen atoms in total. The minimum atomic E-state index is -0.0581. The van der Waals surface area contributed by atoms with Gasteiger partial charge in [-0.2, -0.15) is 0 Å². The summed E-state index contributed by atoms with van der Waals surface area (Å²) in [7, 11) is 0. The molecular weight excluding hydrogens is 270 g/mol. The van der Waals surface area contributed by atoms with Crippen LogP contribution in [-0.4, -0.2) is 54.4 Å². The molecule has 2 rings (SSSR count). The quantitative estimate of drug-likeness (QED) is 0.833. The molecule has 2 N–H and O–H groups in total. The zero-order chi connectivity index (χ0) is 15.2. The molecule has 0 saturated carbocycles. The third kappa shape index (κ3) is 4.37. The van der Waals surface area contributed by atoms with E-state index in [1.54, 1.807) is 41.0 Å². The Bertz CT molecular complexity index is 501. The molecule has 1 aliphatic heterocycles. The van der Waals surface area contributed by atoms with Crippen molar-refractivity contribution in [3.63, 3.8) is 0 Å². The van der Waals surface area contributed by atoms with Crippen LogP contribution in [0.2, 0.25) is 0 Å². The number of amides is 2. The van der Waals surface area contributed by atoms with Crippen LogP contribution in [0.1, 0.15) is 13.3 Å². The molecule has 1 fully saturated rings. The summed E-state index contributed by atoms with van der Waals surface area (Å²) in [6, 6.07) is 6.94. The molecule has 0 bridgehead atoms. The van der Waals surface area contributed by atoms with Gasteiger partial charge in [-0.3, -0.25) is 9.59 Å². The van der Waals surface area contributed by atoms with Crippen molar-refractivity contribution in [2.75, 3.05) is 38.5 Å². The molecule has 6 heteroatoms. The van der Waals surface area contributed by atoms with Gasteiger partial charge in [-0.1, -0.05) is 0 Å². The average Bonchev–Trinajstić information content (AvgIpc) is 2.72. The maximum absolute atomic E-state index is 12.1. The molecule has 0 radical (unpaired) electrons. The van der Waals surface area contributed by atoms with Gasteiger partial charge in [-0.05, 0) is 30.7 Å². The van der Waals surface area contributed by atoms with Gasteiger partial charge in [0.15, 0.2) is 6.61 Å². The second-order valence-corrected chi connectivity index (χ2v) is 5.10. The number of nitrogen functional groups attached to an aromatic ring is 1. The molecule has 1 heterocycles. The maximum atomic E-state index is 12.1. The van der Waals surface area contributed by atoms with E-state index in [9.17, 15) is 9.59 Å². The lowest BCUT2D eigenvalue weighted by Gasteiger charge is -2.21. The normalized spacial score (nSPS) is 15.5. The number of benzene rings is 1. The minimum Gasteiger partial charge on any atom is -0.484 e. The van der Waals surface area contributed by atoms with E-state index in [0.717, 1.165) is 6.42 Å². The Morgan fingerprint density at radius 3 is 2.38 bits per heavy atom. The molecule has 2 amide bonds. The first kappa shape index (κ1) is 15.2. The zero-order valence-corrected chi connectivity index (χ0v) is 12.2. The molecule has 1 aliphatic rings. The van der Waals surface area contributed by atoms with Crippen molar-refractivity contribution in [1.82, 2.24) is 9.80 Å². The molecule has 0 aromatic heterocycles. The van der Waals surface area contributed by atoms with Gasteiger partial charge in [0.1, 0.15) is 5.75 Å². The van der Waals surface area contributed by atoms with E-state index in [0.29, 0.717) is 37.6 Å². The highest BCUT2D eigenvalue weighted by molar-refractivity contribution is 5.78. The van der Waals surface area contributed by atoms with Gasteiger partial charge < -0.3 is 20.3 Å². The number of anilines is 1. The molecule has 0 unspecified atom stereocenters. The molecular formula is C15H21N3O3. The summed E-state index contributed by atoms with van der Waals surface area (Å²) in [5, 5.41) is 0. The predicted octanol–water partition coefficient (Wildman–Crippen LogP) is 0.728. The van der Waals surface area contributed by atoms with Crippen molar-refractivity contribution < 1.29 is 14.3 Å². The summed E-state index contributed by atoms with van der Waals surface area (Å²) in [5.41, 5.74) is 6.25. The van der Waals surface area contributed by atoms with E-state index < -0.39 is 0 Å². The van der Waals surface area contributed by atoms with Gasteiger partial charge in [-0.25, -0.2) is 0 Å². The van der Waals surface area contributed by atoms with Gasteiger partial charge >= 0.3 is 0 Å². The van der Waals surface area contributed by atoms with Crippen molar-refractivity contribution in [3.05, 3.63) is 24.3 Å². The van der Waals surface area contributed by atoms with Crippen LogP contribution < -0.4 is 10.5 Å². The third-order valence-electron chi connectivity index (χ3n) is 3.54. The summed E-state index contributed by atoms with van der Waals surface area (Å²) < 4.78 is 5.46.